The van der Waals surface area contributed by atoms with E-state index in [2.05, 4.69) is 11.9 Å². The molecule has 0 aromatic heterocycles. The fourth-order valence-electron chi connectivity index (χ4n) is 0.925. The second-order valence-corrected chi connectivity index (χ2v) is 3.45. The molecule has 0 bridgehead atoms. The van der Waals surface area contributed by atoms with Gasteiger partial charge >= 0.3 is 0 Å². The van der Waals surface area contributed by atoms with Gasteiger partial charge in [0.2, 0.25) is 0 Å². The molecule has 0 amide bonds. The maximum absolute atomic E-state index is 5.83. The van der Waals surface area contributed by atoms with Crippen molar-refractivity contribution in [1.29, 1.82) is 0 Å². The van der Waals surface area contributed by atoms with Crippen molar-refractivity contribution >= 4 is 28.9 Å². The summed E-state index contributed by atoms with van der Waals surface area (Å²) >= 11 is 11.6. The minimum Gasteiger partial charge on any atom is -0.385 e. The van der Waals surface area contributed by atoms with Gasteiger partial charge in [0.1, 0.15) is 0 Å². The van der Waals surface area contributed by atoms with E-state index in [4.69, 9.17) is 23.2 Å². The Balaban J connectivity index is 2.57. The number of nitrogens with one attached hydrogen (secondary N) is 1. The van der Waals surface area contributed by atoms with Crippen LogP contribution in [0.4, 0.5) is 5.69 Å². The quantitative estimate of drug-likeness (QED) is 0.592. The molecule has 13 heavy (non-hydrogen) atoms. The number of hydrogen-bond acceptors (Lipinski definition) is 1. The maximum atomic E-state index is 5.83. The van der Waals surface area contributed by atoms with Crippen LogP contribution in [-0.2, 0) is 0 Å². The van der Waals surface area contributed by atoms with Gasteiger partial charge in [-0.25, -0.2) is 0 Å². The first kappa shape index (κ1) is 10.4. The van der Waals surface area contributed by atoms with E-state index in [9.17, 15) is 0 Å². The third-order valence-electron chi connectivity index (χ3n) is 1.60. The third kappa shape index (κ3) is 3.29. The average molecular weight is 216 g/mol. The summed E-state index contributed by atoms with van der Waals surface area (Å²) in [4.78, 5) is 0. The maximum Gasteiger partial charge on any atom is 0.0612 e. The molecule has 1 nitrogen and oxygen atoms in total. The van der Waals surface area contributed by atoms with E-state index < -0.39 is 0 Å². The second-order valence-electron chi connectivity index (χ2n) is 2.63. The number of benzene rings is 1. The summed E-state index contributed by atoms with van der Waals surface area (Å²) in [7, 11) is 0. The summed E-state index contributed by atoms with van der Waals surface area (Å²) in [6.45, 7) is 4.50. The summed E-state index contributed by atoms with van der Waals surface area (Å²) < 4.78 is 0. The minimum absolute atomic E-state index is 0.574. The molecule has 1 aromatic rings. The monoisotopic (exact) mass is 215 g/mol. The highest BCUT2D eigenvalue weighted by molar-refractivity contribution is 6.42. The van der Waals surface area contributed by atoms with E-state index in [0.717, 1.165) is 18.7 Å². The zero-order chi connectivity index (χ0) is 9.68. The third-order valence-corrected chi connectivity index (χ3v) is 2.34. The van der Waals surface area contributed by atoms with Gasteiger partial charge in [-0.3, -0.25) is 0 Å². The molecule has 1 rings (SSSR count). The van der Waals surface area contributed by atoms with Crippen molar-refractivity contribution in [2.24, 2.45) is 0 Å². The predicted molar refractivity (Wildman–Crippen MR) is 59.8 cm³/mol. The molecule has 0 fully saturated rings. The lowest BCUT2D eigenvalue weighted by molar-refractivity contribution is 1.07. The van der Waals surface area contributed by atoms with Crippen LogP contribution in [0.5, 0.6) is 0 Å². The Hall–Kier alpha value is -0.660. The van der Waals surface area contributed by atoms with Gasteiger partial charge in [-0.1, -0.05) is 29.3 Å². The Labute approximate surface area is 88.4 Å². The molecule has 0 saturated carbocycles. The molecule has 0 radical (unpaired) electrons. The van der Waals surface area contributed by atoms with Crippen molar-refractivity contribution in [3.8, 4) is 0 Å². The molecule has 0 aliphatic rings. The molecule has 1 N–H and O–H groups in total. The number of anilines is 1. The normalized spacial score (nSPS) is 9.69. The van der Waals surface area contributed by atoms with Crippen LogP contribution in [0.15, 0.2) is 30.9 Å². The molecule has 0 spiro atoms. The lowest BCUT2D eigenvalue weighted by Gasteiger charge is -2.05. The van der Waals surface area contributed by atoms with Crippen LogP contribution < -0.4 is 5.32 Å². The van der Waals surface area contributed by atoms with Crippen LogP contribution >= 0.6 is 23.2 Å². The van der Waals surface area contributed by atoms with Crippen LogP contribution in [-0.4, -0.2) is 6.54 Å². The average Bonchev–Trinajstić information content (AvgIpc) is 2.12. The van der Waals surface area contributed by atoms with E-state index >= 15 is 0 Å². The Kier molecular flexibility index (Phi) is 4.13. The van der Waals surface area contributed by atoms with Crippen molar-refractivity contribution in [2.75, 3.05) is 11.9 Å². The molecular formula is C10H11Cl2N. The van der Waals surface area contributed by atoms with Crippen LogP contribution in [0.3, 0.4) is 0 Å². The molecule has 1 aromatic carbocycles. The number of hydrogen-bond donors (Lipinski definition) is 1. The smallest absolute Gasteiger partial charge is 0.0612 e. The largest absolute Gasteiger partial charge is 0.385 e. The molecule has 0 aliphatic heterocycles. The van der Waals surface area contributed by atoms with Crippen LogP contribution in [0.2, 0.25) is 10.0 Å². The van der Waals surface area contributed by atoms with Gasteiger partial charge in [0, 0.05) is 12.2 Å². The predicted octanol–water partition coefficient (Wildman–Crippen LogP) is 3.98. The van der Waals surface area contributed by atoms with E-state index in [1.165, 1.54) is 0 Å². The van der Waals surface area contributed by atoms with Crippen LogP contribution in [0.1, 0.15) is 6.42 Å². The Morgan fingerprint density at radius 3 is 2.69 bits per heavy atom. The van der Waals surface area contributed by atoms with Gasteiger partial charge in [-0.05, 0) is 24.6 Å². The standard InChI is InChI=1S/C10H11Cl2N/c1-2-3-6-13-8-4-5-9(11)10(12)7-8/h2,4-5,7,13H,1,3,6H2. The molecular weight excluding hydrogens is 205 g/mol. The van der Waals surface area contributed by atoms with E-state index in [1.807, 2.05) is 18.2 Å². The molecule has 0 unspecified atom stereocenters. The molecule has 70 valence electrons. The van der Waals surface area contributed by atoms with Crippen LogP contribution in [0.25, 0.3) is 0 Å². The van der Waals surface area contributed by atoms with Crippen molar-refractivity contribution < 1.29 is 0 Å². The van der Waals surface area contributed by atoms with Gasteiger partial charge in [0.15, 0.2) is 0 Å². The lowest BCUT2D eigenvalue weighted by atomic mass is 10.3. The highest BCUT2D eigenvalue weighted by Crippen LogP contribution is 2.24. The molecule has 0 aliphatic carbocycles. The van der Waals surface area contributed by atoms with E-state index in [0.29, 0.717) is 10.0 Å². The fraction of sp³-hybridized carbons (Fsp3) is 0.200. The Morgan fingerprint density at radius 2 is 2.08 bits per heavy atom. The van der Waals surface area contributed by atoms with Gasteiger partial charge in [-0.2, -0.15) is 0 Å². The Morgan fingerprint density at radius 1 is 1.31 bits per heavy atom. The number of halogens is 2. The second kappa shape index (κ2) is 5.15. The molecule has 0 heterocycles. The summed E-state index contributed by atoms with van der Waals surface area (Å²) in [6.07, 6.45) is 2.80. The minimum atomic E-state index is 0.574. The van der Waals surface area contributed by atoms with E-state index in [-0.39, 0.29) is 0 Å². The van der Waals surface area contributed by atoms with Crippen molar-refractivity contribution in [1.82, 2.24) is 0 Å². The van der Waals surface area contributed by atoms with Crippen molar-refractivity contribution in [2.45, 2.75) is 6.42 Å². The first-order valence-electron chi connectivity index (χ1n) is 4.04. The van der Waals surface area contributed by atoms with Crippen molar-refractivity contribution in [3.05, 3.63) is 40.9 Å². The highest BCUT2D eigenvalue weighted by Gasteiger charge is 1.97. The zero-order valence-corrected chi connectivity index (χ0v) is 8.70. The van der Waals surface area contributed by atoms with Crippen LogP contribution in [0, 0.1) is 0 Å². The summed E-state index contributed by atoms with van der Waals surface area (Å²) in [5.74, 6) is 0. The summed E-state index contributed by atoms with van der Waals surface area (Å²) in [5.41, 5.74) is 0.983. The van der Waals surface area contributed by atoms with Gasteiger partial charge in [0.25, 0.3) is 0 Å². The SMILES string of the molecule is C=CCCNc1ccc(Cl)c(Cl)c1. The highest BCUT2D eigenvalue weighted by atomic mass is 35.5. The molecule has 3 heteroatoms. The van der Waals surface area contributed by atoms with Crippen molar-refractivity contribution in [3.63, 3.8) is 0 Å². The lowest BCUT2D eigenvalue weighted by Crippen LogP contribution is -1.99. The zero-order valence-electron chi connectivity index (χ0n) is 7.19. The fourth-order valence-corrected chi connectivity index (χ4v) is 1.22. The first-order valence-corrected chi connectivity index (χ1v) is 4.79. The first-order chi connectivity index (χ1) is 6.24. The summed E-state index contributed by atoms with van der Waals surface area (Å²) in [5, 5.41) is 4.35. The molecule has 0 saturated heterocycles. The molecule has 0 atom stereocenters. The number of rotatable bonds is 4. The summed E-state index contributed by atoms with van der Waals surface area (Å²) in [6, 6.07) is 5.49. The van der Waals surface area contributed by atoms with Gasteiger partial charge in [-0.15, -0.1) is 6.58 Å². The van der Waals surface area contributed by atoms with E-state index in [1.54, 1.807) is 6.07 Å². The topological polar surface area (TPSA) is 12.0 Å². The Bertz CT molecular complexity index is 297. The van der Waals surface area contributed by atoms with Gasteiger partial charge in [0.05, 0.1) is 10.0 Å². The van der Waals surface area contributed by atoms with Gasteiger partial charge < -0.3 is 5.32 Å².